The molecular formula is C24H24ClN3O4. The lowest BCUT2D eigenvalue weighted by Crippen LogP contribution is -2.40. The van der Waals surface area contributed by atoms with Crippen molar-refractivity contribution >= 4 is 29.1 Å². The van der Waals surface area contributed by atoms with E-state index < -0.39 is 0 Å². The Kier molecular flexibility index (Phi) is 6.58. The fraction of sp³-hybridized carbons (Fsp3) is 0.292. The fourth-order valence-corrected chi connectivity index (χ4v) is 4.00. The van der Waals surface area contributed by atoms with Gasteiger partial charge in [-0.2, -0.15) is 0 Å². The van der Waals surface area contributed by atoms with Gasteiger partial charge in [0.2, 0.25) is 5.91 Å². The number of nitrogens with one attached hydrogen (secondary N) is 1. The van der Waals surface area contributed by atoms with E-state index in [9.17, 15) is 14.7 Å². The second kappa shape index (κ2) is 9.54. The van der Waals surface area contributed by atoms with Gasteiger partial charge in [0.1, 0.15) is 17.0 Å². The molecule has 2 heterocycles. The van der Waals surface area contributed by atoms with E-state index in [1.165, 1.54) is 0 Å². The lowest BCUT2D eigenvalue weighted by Gasteiger charge is -2.29. The Balaban J connectivity index is 1.43. The van der Waals surface area contributed by atoms with Gasteiger partial charge in [-0.25, -0.2) is 0 Å². The molecule has 2 N–H and O–H groups in total. The molecule has 1 aromatic heterocycles. The van der Waals surface area contributed by atoms with Crippen molar-refractivity contribution in [3.05, 3.63) is 70.4 Å². The van der Waals surface area contributed by atoms with E-state index in [0.29, 0.717) is 59.2 Å². The molecule has 0 unspecified atom stereocenters. The number of nitrogens with zero attached hydrogens (tertiary/aromatic N) is 2. The van der Waals surface area contributed by atoms with Crippen molar-refractivity contribution in [2.45, 2.75) is 32.3 Å². The Bertz CT molecular complexity index is 1120. The number of anilines is 1. The average molecular weight is 454 g/mol. The van der Waals surface area contributed by atoms with Gasteiger partial charge >= 0.3 is 0 Å². The maximum atomic E-state index is 13.0. The van der Waals surface area contributed by atoms with Crippen LogP contribution in [0.15, 0.2) is 53.1 Å². The number of hydrogen-bond donors (Lipinski definition) is 2. The zero-order valence-corrected chi connectivity index (χ0v) is 18.4. The predicted octanol–water partition coefficient (Wildman–Crippen LogP) is 4.08. The largest absolute Gasteiger partial charge is 0.393 e. The van der Waals surface area contributed by atoms with Gasteiger partial charge < -0.3 is 19.8 Å². The number of likely N-dealkylation sites (tertiary alicyclic amines) is 1. The molecule has 1 fully saturated rings. The van der Waals surface area contributed by atoms with Crippen LogP contribution in [0.3, 0.4) is 0 Å². The number of aromatic nitrogens is 1. The number of benzene rings is 2. The Morgan fingerprint density at radius 3 is 2.53 bits per heavy atom. The van der Waals surface area contributed by atoms with Crippen molar-refractivity contribution in [2.24, 2.45) is 0 Å². The van der Waals surface area contributed by atoms with Crippen LogP contribution in [-0.4, -0.2) is 46.2 Å². The minimum Gasteiger partial charge on any atom is -0.393 e. The number of piperidine rings is 1. The summed E-state index contributed by atoms with van der Waals surface area (Å²) < 4.78 is 5.26. The first kappa shape index (κ1) is 22.0. The molecule has 2 amide bonds. The number of aliphatic hydroxyl groups excluding tert-OH is 1. The molecule has 8 heteroatoms. The summed E-state index contributed by atoms with van der Waals surface area (Å²) >= 11 is 6.27. The van der Waals surface area contributed by atoms with Gasteiger partial charge in [0.25, 0.3) is 5.91 Å². The van der Waals surface area contributed by atoms with Crippen LogP contribution < -0.4 is 5.32 Å². The van der Waals surface area contributed by atoms with E-state index in [4.69, 9.17) is 16.1 Å². The molecule has 1 saturated heterocycles. The monoisotopic (exact) mass is 453 g/mol. The van der Waals surface area contributed by atoms with Crippen LogP contribution in [0, 0.1) is 6.92 Å². The SMILES string of the molecule is Cc1onc(-c2ccccc2Cl)c1C(=O)Nc1ccc(CC(=O)N2CCC(O)CC2)cc1. The zero-order chi connectivity index (χ0) is 22.7. The first-order valence-electron chi connectivity index (χ1n) is 10.5. The van der Waals surface area contributed by atoms with Crippen molar-refractivity contribution in [1.82, 2.24) is 10.1 Å². The molecule has 166 valence electrons. The van der Waals surface area contributed by atoms with Gasteiger partial charge in [-0.15, -0.1) is 0 Å². The van der Waals surface area contributed by atoms with Crippen LogP contribution in [0.25, 0.3) is 11.3 Å². The van der Waals surface area contributed by atoms with Crippen molar-refractivity contribution in [1.29, 1.82) is 0 Å². The maximum Gasteiger partial charge on any atom is 0.261 e. The maximum absolute atomic E-state index is 13.0. The highest BCUT2D eigenvalue weighted by molar-refractivity contribution is 6.33. The van der Waals surface area contributed by atoms with Gasteiger partial charge in [-0.3, -0.25) is 9.59 Å². The molecule has 7 nitrogen and oxygen atoms in total. The van der Waals surface area contributed by atoms with E-state index in [2.05, 4.69) is 10.5 Å². The first-order chi connectivity index (χ1) is 15.4. The van der Waals surface area contributed by atoms with Gasteiger partial charge in [0.05, 0.1) is 17.5 Å². The zero-order valence-electron chi connectivity index (χ0n) is 17.7. The van der Waals surface area contributed by atoms with Crippen LogP contribution >= 0.6 is 11.6 Å². The van der Waals surface area contributed by atoms with Gasteiger partial charge in [0, 0.05) is 24.3 Å². The number of aliphatic hydroxyl groups is 1. The average Bonchev–Trinajstić information content (AvgIpc) is 3.17. The lowest BCUT2D eigenvalue weighted by molar-refractivity contribution is -0.132. The summed E-state index contributed by atoms with van der Waals surface area (Å²) in [5, 5.41) is 17.0. The molecule has 0 radical (unpaired) electrons. The van der Waals surface area contributed by atoms with E-state index in [1.54, 1.807) is 42.2 Å². The Morgan fingerprint density at radius 1 is 1.16 bits per heavy atom. The molecule has 0 bridgehead atoms. The van der Waals surface area contributed by atoms with Gasteiger partial charge in [-0.1, -0.05) is 47.1 Å². The quantitative estimate of drug-likeness (QED) is 0.606. The molecule has 0 atom stereocenters. The third-order valence-corrected chi connectivity index (χ3v) is 5.93. The van der Waals surface area contributed by atoms with Crippen molar-refractivity contribution in [3.63, 3.8) is 0 Å². The van der Waals surface area contributed by atoms with Crippen LogP contribution in [0.1, 0.15) is 34.5 Å². The highest BCUT2D eigenvalue weighted by Gasteiger charge is 2.24. The molecule has 1 aliphatic heterocycles. The van der Waals surface area contributed by atoms with E-state index in [0.717, 1.165) is 5.56 Å². The van der Waals surface area contributed by atoms with Crippen LogP contribution in [0.4, 0.5) is 5.69 Å². The standard InChI is InChI=1S/C24H24ClN3O4/c1-15-22(23(27-32-15)19-4-2-3-5-20(19)25)24(31)26-17-8-6-16(7-9-17)14-21(30)28-12-10-18(29)11-13-28/h2-9,18,29H,10-14H2,1H3,(H,26,31). The second-order valence-corrected chi connectivity index (χ2v) is 8.29. The van der Waals surface area contributed by atoms with Crippen molar-refractivity contribution in [3.8, 4) is 11.3 Å². The van der Waals surface area contributed by atoms with Gasteiger partial charge in [-0.05, 0) is 43.5 Å². The number of amides is 2. The molecule has 1 aliphatic rings. The molecule has 2 aromatic carbocycles. The third kappa shape index (κ3) is 4.84. The summed E-state index contributed by atoms with van der Waals surface area (Å²) in [7, 11) is 0. The summed E-state index contributed by atoms with van der Waals surface area (Å²) in [6.45, 7) is 2.84. The molecule has 0 saturated carbocycles. The Morgan fingerprint density at radius 2 is 1.84 bits per heavy atom. The number of carbonyl (C=O) groups excluding carboxylic acids is 2. The Labute approximate surface area is 191 Å². The number of hydrogen-bond acceptors (Lipinski definition) is 5. The van der Waals surface area contributed by atoms with Crippen LogP contribution in [-0.2, 0) is 11.2 Å². The molecular weight excluding hydrogens is 430 g/mol. The highest BCUT2D eigenvalue weighted by atomic mass is 35.5. The summed E-state index contributed by atoms with van der Waals surface area (Å²) in [6.07, 6.45) is 1.21. The topological polar surface area (TPSA) is 95.7 Å². The molecule has 32 heavy (non-hydrogen) atoms. The first-order valence-corrected chi connectivity index (χ1v) is 10.9. The third-order valence-electron chi connectivity index (χ3n) is 5.60. The second-order valence-electron chi connectivity index (χ2n) is 7.88. The predicted molar refractivity (Wildman–Crippen MR) is 122 cm³/mol. The van der Waals surface area contributed by atoms with E-state index in [-0.39, 0.29) is 24.3 Å². The van der Waals surface area contributed by atoms with Crippen molar-refractivity contribution in [2.75, 3.05) is 18.4 Å². The molecule has 4 rings (SSSR count). The molecule has 0 spiro atoms. The summed E-state index contributed by atoms with van der Waals surface area (Å²) in [6, 6.07) is 14.3. The minimum absolute atomic E-state index is 0.0400. The van der Waals surface area contributed by atoms with Crippen molar-refractivity contribution < 1.29 is 19.2 Å². The van der Waals surface area contributed by atoms with Crippen LogP contribution in [0.2, 0.25) is 5.02 Å². The number of rotatable bonds is 5. The highest BCUT2D eigenvalue weighted by Crippen LogP contribution is 2.31. The van der Waals surface area contributed by atoms with Gasteiger partial charge in [0.15, 0.2) is 0 Å². The van der Waals surface area contributed by atoms with Crippen LogP contribution in [0.5, 0.6) is 0 Å². The molecule has 3 aromatic rings. The smallest absolute Gasteiger partial charge is 0.261 e. The van der Waals surface area contributed by atoms with E-state index >= 15 is 0 Å². The van der Waals surface area contributed by atoms with E-state index in [1.807, 2.05) is 18.2 Å². The summed E-state index contributed by atoms with van der Waals surface area (Å²) in [4.78, 5) is 27.2. The summed E-state index contributed by atoms with van der Waals surface area (Å²) in [5.41, 5.74) is 2.79. The minimum atomic E-state index is -0.352. The number of aryl methyl sites for hydroxylation is 1. The Hall–Kier alpha value is -3.16. The molecule has 0 aliphatic carbocycles. The normalized spacial score (nSPS) is 14.4. The number of carbonyl (C=O) groups is 2. The number of halogens is 1. The summed E-state index contributed by atoms with van der Waals surface area (Å²) in [5.74, 6) is 0.0822. The fourth-order valence-electron chi connectivity index (χ4n) is 3.78. The lowest BCUT2D eigenvalue weighted by atomic mass is 10.0.